The van der Waals surface area contributed by atoms with Crippen molar-refractivity contribution in [1.29, 1.82) is 0 Å². The second-order valence-electron chi connectivity index (χ2n) is 5.14. The molecule has 1 aliphatic rings. The molecule has 1 unspecified atom stereocenters. The normalized spacial score (nSPS) is 21.5. The van der Waals surface area contributed by atoms with E-state index in [0.29, 0.717) is 18.5 Å². The Morgan fingerprint density at radius 1 is 1.59 bits per heavy atom. The monoisotopic (exact) mass is 237 g/mol. The van der Waals surface area contributed by atoms with Gasteiger partial charge >= 0.3 is 0 Å². The van der Waals surface area contributed by atoms with Gasteiger partial charge in [0.1, 0.15) is 6.26 Å². The van der Waals surface area contributed by atoms with Crippen LogP contribution in [0.25, 0.3) is 0 Å². The maximum absolute atomic E-state index is 5.60. The van der Waals surface area contributed by atoms with Crippen LogP contribution in [-0.4, -0.2) is 35.6 Å². The van der Waals surface area contributed by atoms with E-state index in [2.05, 4.69) is 23.7 Å². The summed E-state index contributed by atoms with van der Waals surface area (Å²) in [5.74, 6) is 1.39. The number of aromatic nitrogens is 1. The van der Waals surface area contributed by atoms with Crippen LogP contribution in [0.15, 0.2) is 10.7 Å². The standard InChI is InChI=1S/C13H23N3O/c1-10(2)16-7-5-11(8-16)13-15-12(9-17-13)4-3-6-14/h9-11H,3-8,14H2,1-2H3. The Hall–Kier alpha value is -0.870. The van der Waals surface area contributed by atoms with Crippen molar-refractivity contribution in [3.63, 3.8) is 0 Å². The van der Waals surface area contributed by atoms with Gasteiger partial charge < -0.3 is 15.1 Å². The SMILES string of the molecule is CC(C)N1CCC(c2nc(CCCN)co2)C1. The summed E-state index contributed by atoms with van der Waals surface area (Å²) in [4.78, 5) is 7.06. The first-order valence-corrected chi connectivity index (χ1v) is 6.59. The predicted octanol–water partition coefficient (Wildman–Crippen LogP) is 1.76. The van der Waals surface area contributed by atoms with Crippen LogP contribution in [0.5, 0.6) is 0 Å². The Kier molecular flexibility index (Phi) is 4.18. The smallest absolute Gasteiger partial charge is 0.198 e. The van der Waals surface area contributed by atoms with Crippen LogP contribution >= 0.6 is 0 Å². The van der Waals surface area contributed by atoms with E-state index in [1.165, 1.54) is 0 Å². The molecule has 4 nitrogen and oxygen atoms in total. The first kappa shape index (κ1) is 12.6. The first-order valence-electron chi connectivity index (χ1n) is 6.59. The Balaban J connectivity index is 1.92. The Bertz CT molecular complexity index is 348. The van der Waals surface area contributed by atoms with Gasteiger partial charge in [-0.25, -0.2) is 4.98 Å². The van der Waals surface area contributed by atoms with Crippen LogP contribution in [0.3, 0.4) is 0 Å². The largest absolute Gasteiger partial charge is 0.448 e. The molecule has 0 radical (unpaired) electrons. The second-order valence-corrected chi connectivity index (χ2v) is 5.14. The zero-order chi connectivity index (χ0) is 12.3. The van der Waals surface area contributed by atoms with Gasteiger partial charge in [0, 0.05) is 18.5 Å². The summed E-state index contributed by atoms with van der Waals surface area (Å²) < 4.78 is 5.60. The van der Waals surface area contributed by atoms with E-state index in [4.69, 9.17) is 10.2 Å². The highest BCUT2D eigenvalue weighted by Gasteiger charge is 2.28. The van der Waals surface area contributed by atoms with Gasteiger partial charge in [0.2, 0.25) is 0 Å². The van der Waals surface area contributed by atoms with E-state index < -0.39 is 0 Å². The average molecular weight is 237 g/mol. The van der Waals surface area contributed by atoms with Crippen molar-refractivity contribution in [2.45, 2.75) is 45.1 Å². The predicted molar refractivity (Wildman–Crippen MR) is 67.9 cm³/mol. The van der Waals surface area contributed by atoms with E-state index in [1.54, 1.807) is 6.26 Å². The molecular formula is C13H23N3O. The highest BCUT2D eigenvalue weighted by atomic mass is 16.3. The summed E-state index contributed by atoms with van der Waals surface area (Å²) >= 11 is 0. The number of oxazole rings is 1. The van der Waals surface area contributed by atoms with Crippen molar-refractivity contribution in [1.82, 2.24) is 9.88 Å². The Morgan fingerprint density at radius 2 is 2.41 bits per heavy atom. The molecule has 1 aromatic heterocycles. The molecule has 1 saturated heterocycles. The molecule has 96 valence electrons. The van der Waals surface area contributed by atoms with E-state index >= 15 is 0 Å². The lowest BCUT2D eigenvalue weighted by Crippen LogP contribution is -2.27. The van der Waals surface area contributed by atoms with E-state index in [1.807, 2.05) is 0 Å². The molecule has 0 aliphatic carbocycles. The van der Waals surface area contributed by atoms with Crippen LogP contribution in [0.4, 0.5) is 0 Å². The van der Waals surface area contributed by atoms with Gasteiger partial charge in [0.25, 0.3) is 0 Å². The van der Waals surface area contributed by atoms with Crippen molar-refractivity contribution in [2.24, 2.45) is 5.73 Å². The number of rotatable bonds is 5. The molecule has 4 heteroatoms. The summed E-state index contributed by atoms with van der Waals surface area (Å²) in [7, 11) is 0. The van der Waals surface area contributed by atoms with E-state index in [-0.39, 0.29) is 0 Å². The molecule has 0 aromatic carbocycles. The molecule has 0 amide bonds. The third-order valence-electron chi connectivity index (χ3n) is 3.51. The maximum atomic E-state index is 5.60. The fraction of sp³-hybridized carbons (Fsp3) is 0.769. The molecule has 1 atom stereocenters. The number of likely N-dealkylation sites (tertiary alicyclic amines) is 1. The number of hydrogen-bond acceptors (Lipinski definition) is 4. The third kappa shape index (κ3) is 3.07. The number of hydrogen-bond donors (Lipinski definition) is 1. The van der Waals surface area contributed by atoms with Gasteiger partial charge in [-0.2, -0.15) is 0 Å². The molecule has 17 heavy (non-hydrogen) atoms. The van der Waals surface area contributed by atoms with E-state index in [9.17, 15) is 0 Å². The van der Waals surface area contributed by atoms with Crippen LogP contribution in [0.1, 0.15) is 44.2 Å². The molecule has 2 rings (SSSR count). The quantitative estimate of drug-likeness (QED) is 0.848. The first-order chi connectivity index (χ1) is 8.20. The molecule has 1 fully saturated rings. The minimum atomic E-state index is 0.476. The molecular weight excluding hydrogens is 214 g/mol. The second kappa shape index (κ2) is 5.65. The van der Waals surface area contributed by atoms with Crippen molar-refractivity contribution in [2.75, 3.05) is 19.6 Å². The Morgan fingerprint density at radius 3 is 3.06 bits per heavy atom. The zero-order valence-corrected chi connectivity index (χ0v) is 10.9. The molecule has 0 bridgehead atoms. The van der Waals surface area contributed by atoms with Gasteiger partial charge in [-0.1, -0.05) is 0 Å². The van der Waals surface area contributed by atoms with Crippen molar-refractivity contribution in [3.05, 3.63) is 17.8 Å². The highest BCUT2D eigenvalue weighted by molar-refractivity contribution is 5.04. The molecule has 0 saturated carbocycles. The lowest BCUT2D eigenvalue weighted by atomic mass is 10.1. The molecule has 2 heterocycles. The summed E-state index contributed by atoms with van der Waals surface area (Å²) in [6.07, 6.45) is 4.87. The lowest BCUT2D eigenvalue weighted by Gasteiger charge is -2.19. The number of aryl methyl sites for hydroxylation is 1. The van der Waals surface area contributed by atoms with Crippen molar-refractivity contribution >= 4 is 0 Å². The van der Waals surface area contributed by atoms with Crippen molar-refractivity contribution in [3.8, 4) is 0 Å². The van der Waals surface area contributed by atoms with Crippen LogP contribution in [0.2, 0.25) is 0 Å². The van der Waals surface area contributed by atoms with Gasteiger partial charge in [-0.3, -0.25) is 0 Å². The van der Waals surface area contributed by atoms with Crippen LogP contribution < -0.4 is 5.73 Å². The summed E-state index contributed by atoms with van der Waals surface area (Å²) in [6, 6.07) is 0.617. The summed E-state index contributed by atoms with van der Waals surface area (Å²) in [5, 5.41) is 0. The third-order valence-corrected chi connectivity index (χ3v) is 3.51. The van der Waals surface area contributed by atoms with Gasteiger partial charge in [-0.15, -0.1) is 0 Å². The minimum Gasteiger partial charge on any atom is -0.448 e. The number of nitrogens with zero attached hydrogens (tertiary/aromatic N) is 2. The molecule has 1 aromatic rings. The van der Waals surface area contributed by atoms with Gasteiger partial charge in [-0.05, 0) is 46.2 Å². The van der Waals surface area contributed by atoms with Crippen LogP contribution in [-0.2, 0) is 6.42 Å². The lowest BCUT2D eigenvalue weighted by molar-refractivity contribution is 0.268. The average Bonchev–Trinajstić information content (AvgIpc) is 2.94. The van der Waals surface area contributed by atoms with Gasteiger partial charge in [0.05, 0.1) is 5.69 Å². The van der Waals surface area contributed by atoms with Crippen molar-refractivity contribution < 1.29 is 4.42 Å². The van der Waals surface area contributed by atoms with E-state index in [0.717, 1.165) is 43.9 Å². The summed E-state index contributed by atoms with van der Waals surface area (Å²) in [5.41, 5.74) is 6.54. The maximum Gasteiger partial charge on any atom is 0.198 e. The molecule has 1 aliphatic heterocycles. The molecule has 2 N–H and O–H groups in total. The zero-order valence-electron chi connectivity index (χ0n) is 10.9. The fourth-order valence-electron chi connectivity index (χ4n) is 2.37. The van der Waals surface area contributed by atoms with Gasteiger partial charge in [0.15, 0.2) is 5.89 Å². The summed E-state index contributed by atoms with van der Waals surface area (Å²) in [6.45, 7) is 7.43. The molecule has 0 spiro atoms. The van der Waals surface area contributed by atoms with Crippen LogP contribution in [0, 0.1) is 0 Å². The topological polar surface area (TPSA) is 55.3 Å². The highest BCUT2D eigenvalue weighted by Crippen LogP contribution is 2.27. The number of nitrogens with two attached hydrogens (primary N) is 1. The fourth-order valence-corrected chi connectivity index (χ4v) is 2.37. The minimum absolute atomic E-state index is 0.476. The Labute approximate surface area is 103 Å².